The van der Waals surface area contributed by atoms with E-state index in [0.29, 0.717) is 30.2 Å². The molecule has 0 atom stereocenters. The highest BCUT2D eigenvalue weighted by atomic mass is 32.2. The van der Waals surface area contributed by atoms with Crippen molar-refractivity contribution in [2.45, 2.75) is 25.2 Å². The fourth-order valence-electron chi connectivity index (χ4n) is 2.17. The highest BCUT2D eigenvalue weighted by molar-refractivity contribution is 7.89. The highest BCUT2D eigenvalue weighted by Crippen LogP contribution is 2.25. The molecule has 0 spiro atoms. The summed E-state index contributed by atoms with van der Waals surface area (Å²) < 4.78 is 32.0. The van der Waals surface area contributed by atoms with Gasteiger partial charge in [0.2, 0.25) is 10.0 Å². The molecule has 120 valence electrons. The topological polar surface area (TPSA) is 58.6 Å². The largest absolute Gasteiger partial charge is 0.497 e. The number of nitrogens with one attached hydrogen (secondary N) is 1. The third-order valence-corrected chi connectivity index (χ3v) is 5.15. The Labute approximate surface area is 128 Å². The number of ether oxygens (including phenoxy) is 1. The monoisotopic (exact) mass is 314 g/mol. The van der Waals surface area contributed by atoms with Crippen molar-refractivity contribution in [2.75, 3.05) is 34.3 Å². The number of nitrogens with zero attached hydrogens (tertiary/aromatic N) is 1. The lowest BCUT2D eigenvalue weighted by atomic mass is 10.1. The Kier molecular flexibility index (Phi) is 6.64. The highest BCUT2D eigenvalue weighted by Gasteiger charge is 2.24. The van der Waals surface area contributed by atoms with Crippen LogP contribution in [0.1, 0.15) is 19.4 Å². The molecule has 1 aromatic rings. The van der Waals surface area contributed by atoms with Gasteiger partial charge in [0.15, 0.2) is 0 Å². The minimum absolute atomic E-state index is 0.281. The zero-order valence-electron chi connectivity index (χ0n) is 13.5. The Morgan fingerprint density at radius 1 is 1.33 bits per heavy atom. The Morgan fingerprint density at radius 3 is 2.52 bits per heavy atom. The van der Waals surface area contributed by atoms with Crippen LogP contribution >= 0.6 is 0 Å². The van der Waals surface area contributed by atoms with Crippen molar-refractivity contribution < 1.29 is 13.2 Å². The second-order valence-electron chi connectivity index (χ2n) is 5.51. The number of rotatable bonds is 8. The quantitative estimate of drug-likeness (QED) is 0.794. The van der Waals surface area contributed by atoms with Crippen molar-refractivity contribution in [2.24, 2.45) is 5.92 Å². The molecule has 1 aromatic carbocycles. The van der Waals surface area contributed by atoms with Crippen molar-refractivity contribution in [3.05, 3.63) is 23.8 Å². The van der Waals surface area contributed by atoms with E-state index in [0.717, 1.165) is 5.56 Å². The number of hydrogen-bond acceptors (Lipinski definition) is 4. The molecule has 0 fully saturated rings. The summed E-state index contributed by atoms with van der Waals surface area (Å²) in [7, 11) is 1.58. The lowest BCUT2D eigenvalue weighted by molar-refractivity contribution is 0.411. The van der Waals surface area contributed by atoms with Crippen LogP contribution in [0.25, 0.3) is 0 Å². The molecule has 1 N–H and O–H groups in total. The van der Waals surface area contributed by atoms with E-state index in [4.69, 9.17) is 4.74 Å². The first kappa shape index (κ1) is 17.9. The molecule has 0 aromatic heterocycles. The molecule has 0 saturated heterocycles. The van der Waals surface area contributed by atoms with E-state index in [1.54, 1.807) is 32.4 Å². The van der Waals surface area contributed by atoms with Gasteiger partial charge in [0.25, 0.3) is 0 Å². The van der Waals surface area contributed by atoms with E-state index in [2.05, 4.69) is 5.32 Å². The maximum atomic E-state index is 12.7. The lowest BCUT2D eigenvalue weighted by Crippen LogP contribution is -2.31. The van der Waals surface area contributed by atoms with Gasteiger partial charge in [-0.15, -0.1) is 0 Å². The molecular formula is C15H26N2O3S. The van der Waals surface area contributed by atoms with Gasteiger partial charge in [-0.1, -0.05) is 13.8 Å². The average molecular weight is 314 g/mol. The summed E-state index contributed by atoms with van der Waals surface area (Å²) in [5.41, 5.74) is 0.777. The van der Waals surface area contributed by atoms with Crippen LogP contribution in [-0.4, -0.2) is 47.0 Å². The van der Waals surface area contributed by atoms with E-state index in [1.807, 2.05) is 20.9 Å². The molecule has 0 aliphatic heterocycles. The van der Waals surface area contributed by atoms with Gasteiger partial charge in [-0.2, -0.15) is 0 Å². The maximum absolute atomic E-state index is 12.7. The second-order valence-corrected chi connectivity index (χ2v) is 7.52. The van der Waals surface area contributed by atoms with Gasteiger partial charge in [0.05, 0.1) is 12.0 Å². The minimum atomic E-state index is -3.47. The molecule has 0 aliphatic carbocycles. The van der Waals surface area contributed by atoms with Crippen LogP contribution in [0, 0.1) is 5.92 Å². The van der Waals surface area contributed by atoms with Gasteiger partial charge >= 0.3 is 0 Å². The van der Waals surface area contributed by atoms with E-state index in [-0.39, 0.29) is 5.92 Å². The Morgan fingerprint density at radius 2 is 2.00 bits per heavy atom. The molecule has 0 radical (unpaired) electrons. The number of benzene rings is 1. The normalized spacial score (nSPS) is 12.1. The van der Waals surface area contributed by atoms with Gasteiger partial charge in [-0.3, -0.25) is 0 Å². The Balaban J connectivity index is 3.20. The first-order valence-electron chi connectivity index (χ1n) is 7.10. The summed E-state index contributed by atoms with van der Waals surface area (Å²) in [6.45, 7) is 5.22. The van der Waals surface area contributed by atoms with E-state index >= 15 is 0 Å². The molecule has 1 rings (SSSR count). The number of likely N-dealkylation sites (N-methyl/N-ethyl adjacent to an activating group) is 1. The van der Waals surface area contributed by atoms with E-state index in [1.165, 1.54) is 4.31 Å². The van der Waals surface area contributed by atoms with Crippen molar-refractivity contribution in [1.29, 1.82) is 0 Å². The van der Waals surface area contributed by atoms with E-state index in [9.17, 15) is 8.42 Å². The zero-order valence-corrected chi connectivity index (χ0v) is 14.3. The molecule has 0 saturated carbocycles. The van der Waals surface area contributed by atoms with Crippen LogP contribution in [-0.2, 0) is 16.4 Å². The van der Waals surface area contributed by atoms with E-state index < -0.39 is 10.0 Å². The molecule has 0 unspecified atom stereocenters. The summed E-state index contributed by atoms with van der Waals surface area (Å²) in [4.78, 5) is 0.363. The summed E-state index contributed by atoms with van der Waals surface area (Å²) >= 11 is 0. The van der Waals surface area contributed by atoms with Crippen molar-refractivity contribution in [3.8, 4) is 5.75 Å². The molecule has 5 nitrogen and oxygen atoms in total. The van der Waals surface area contributed by atoms with Gasteiger partial charge in [-0.25, -0.2) is 12.7 Å². The van der Waals surface area contributed by atoms with Crippen LogP contribution in [0.5, 0.6) is 5.75 Å². The fourth-order valence-corrected chi connectivity index (χ4v) is 3.73. The van der Waals surface area contributed by atoms with Crippen LogP contribution in [0.3, 0.4) is 0 Å². The van der Waals surface area contributed by atoms with Crippen LogP contribution in [0.2, 0.25) is 0 Å². The summed E-state index contributed by atoms with van der Waals surface area (Å²) in [6.07, 6.45) is 0.637. The number of methoxy groups -OCH3 is 1. The fraction of sp³-hybridized carbons (Fsp3) is 0.600. The minimum Gasteiger partial charge on any atom is -0.497 e. The molecule has 0 bridgehead atoms. The molecule has 6 heteroatoms. The molecular weight excluding hydrogens is 288 g/mol. The first-order chi connectivity index (χ1) is 9.82. The van der Waals surface area contributed by atoms with Gasteiger partial charge in [0.1, 0.15) is 5.75 Å². The second kappa shape index (κ2) is 7.77. The average Bonchev–Trinajstić information content (AvgIpc) is 2.43. The number of hydrogen-bond donors (Lipinski definition) is 1. The van der Waals surface area contributed by atoms with Crippen molar-refractivity contribution >= 4 is 10.0 Å². The van der Waals surface area contributed by atoms with Crippen molar-refractivity contribution in [1.82, 2.24) is 9.62 Å². The third-order valence-electron chi connectivity index (χ3n) is 3.22. The van der Waals surface area contributed by atoms with Crippen LogP contribution in [0.15, 0.2) is 23.1 Å². The van der Waals surface area contributed by atoms with Gasteiger partial charge < -0.3 is 10.1 Å². The van der Waals surface area contributed by atoms with Crippen LogP contribution < -0.4 is 10.1 Å². The Hall–Kier alpha value is -1.11. The Bertz CT molecular complexity index is 556. The first-order valence-corrected chi connectivity index (χ1v) is 8.54. The third kappa shape index (κ3) is 4.69. The molecule has 0 amide bonds. The summed E-state index contributed by atoms with van der Waals surface area (Å²) in [5.74, 6) is 0.954. The molecule has 0 aliphatic rings. The predicted octanol–water partition coefficient (Wildman–Crippen LogP) is 1.73. The van der Waals surface area contributed by atoms with Gasteiger partial charge in [0, 0.05) is 13.6 Å². The molecule has 21 heavy (non-hydrogen) atoms. The SMILES string of the molecule is CNCCc1cc(OC)ccc1S(=O)(=O)N(C)CC(C)C. The predicted molar refractivity (Wildman–Crippen MR) is 85.3 cm³/mol. The zero-order chi connectivity index (χ0) is 16.0. The standard InChI is InChI=1S/C15H26N2O3S/c1-12(2)11-17(4)21(18,19)15-7-6-14(20-5)10-13(15)8-9-16-3/h6-7,10,12,16H,8-9,11H2,1-5H3. The summed E-state index contributed by atoms with van der Waals surface area (Å²) in [5, 5.41) is 3.04. The maximum Gasteiger partial charge on any atom is 0.243 e. The molecule has 0 heterocycles. The number of sulfonamides is 1. The smallest absolute Gasteiger partial charge is 0.243 e. The summed E-state index contributed by atoms with van der Waals surface area (Å²) in [6, 6.07) is 5.13. The van der Waals surface area contributed by atoms with Crippen molar-refractivity contribution in [3.63, 3.8) is 0 Å². The van der Waals surface area contributed by atoms with Gasteiger partial charge in [-0.05, 0) is 49.7 Å². The lowest BCUT2D eigenvalue weighted by Gasteiger charge is -2.21. The van der Waals surface area contributed by atoms with Crippen LogP contribution in [0.4, 0.5) is 0 Å².